The molecule has 1 amide bonds. The molecule has 2 atom stereocenters. The average molecular weight is 214 g/mol. The molecular weight excluding hydrogens is 192 g/mol. The Bertz CT molecular complexity index is 197. The second-order valence-electron chi connectivity index (χ2n) is 4.16. The van der Waals surface area contributed by atoms with Crippen molar-refractivity contribution in [2.75, 3.05) is 13.1 Å². The van der Waals surface area contributed by atoms with Gasteiger partial charge in [-0.3, -0.25) is 4.79 Å². The van der Waals surface area contributed by atoms with Crippen LogP contribution in [-0.2, 0) is 4.79 Å². The van der Waals surface area contributed by atoms with Crippen LogP contribution in [-0.4, -0.2) is 36.2 Å². The molecule has 1 aliphatic rings. The zero-order valence-electron chi connectivity index (χ0n) is 9.46. The number of carbonyl (C=O) groups excluding carboxylic acids is 1. The van der Waals surface area contributed by atoms with Crippen LogP contribution in [0.4, 0.5) is 0 Å². The number of aliphatic hydroxyl groups is 1. The Hall–Kier alpha value is -0.610. The molecule has 0 bridgehead atoms. The maximum atomic E-state index is 11.2. The van der Waals surface area contributed by atoms with Crippen LogP contribution in [0.3, 0.4) is 0 Å². The summed E-state index contributed by atoms with van der Waals surface area (Å²) in [6, 6.07) is 0.198. The summed E-state index contributed by atoms with van der Waals surface area (Å²) in [7, 11) is 0. The Balaban J connectivity index is 2.02. The van der Waals surface area contributed by atoms with Crippen LogP contribution >= 0.6 is 0 Å². The predicted molar refractivity (Wildman–Crippen MR) is 59.6 cm³/mol. The minimum atomic E-state index is -0.219. The molecule has 1 saturated carbocycles. The standard InChI is InChI=1S/C11H22N2O2/c1-2-7-13-11(15)6-8-12-9-4-3-5-10(9)14/h9-10,12,14H,2-8H2,1H3,(H,13,15)/t9-,10-/m1/s1. The topological polar surface area (TPSA) is 61.4 Å². The first-order valence-electron chi connectivity index (χ1n) is 5.92. The first kappa shape index (κ1) is 12.5. The molecule has 1 fully saturated rings. The monoisotopic (exact) mass is 214 g/mol. The van der Waals surface area contributed by atoms with E-state index in [0.29, 0.717) is 13.0 Å². The van der Waals surface area contributed by atoms with Crippen LogP contribution in [0.15, 0.2) is 0 Å². The van der Waals surface area contributed by atoms with Gasteiger partial charge in [0, 0.05) is 25.6 Å². The van der Waals surface area contributed by atoms with Crippen molar-refractivity contribution in [3.63, 3.8) is 0 Å². The number of amides is 1. The van der Waals surface area contributed by atoms with Crippen molar-refractivity contribution in [1.82, 2.24) is 10.6 Å². The summed E-state index contributed by atoms with van der Waals surface area (Å²) in [6.45, 7) is 3.45. The third kappa shape index (κ3) is 4.62. The molecule has 0 aromatic carbocycles. The lowest BCUT2D eigenvalue weighted by molar-refractivity contribution is -0.121. The summed E-state index contributed by atoms with van der Waals surface area (Å²) in [5, 5.41) is 15.6. The van der Waals surface area contributed by atoms with Crippen molar-refractivity contribution < 1.29 is 9.90 Å². The molecule has 4 nitrogen and oxygen atoms in total. The minimum absolute atomic E-state index is 0.0943. The molecular formula is C11H22N2O2. The third-order valence-corrected chi connectivity index (χ3v) is 2.81. The highest BCUT2D eigenvalue weighted by molar-refractivity contribution is 5.75. The van der Waals surface area contributed by atoms with Crippen molar-refractivity contribution in [1.29, 1.82) is 0 Å². The van der Waals surface area contributed by atoms with Gasteiger partial charge in [-0.1, -0.05) is 6.92 Å². The Morgan fingerprint density at radius 2 is 2.20 bits per heavy atom. The van der Waals surface area contributed by atoms with Crippen molar-refractivity contribution in [3.05, 3.63) is 0 Å². The van der Waals surface area contributed by atoms with E-state index in [2.05, 4.69) is 10.6 Å². The van der Waals surface area contributed by atoms with E-state index in [9.17, 15) is 9.90 Å². The molecule has 0 spiro atoms. The molecule has 88 valence electrons. The van der Waals surface area contributed by atoms with Crippen molar-refractivity contribution in [2.24, 2.45) is 0 Å². The highest BCUT2D eigenvalue weighted by atomic mass is 16.3. The Kier molecular flexibility index (Phi) is 5.65. The summed E-state index contributed by atoms with van der Waals surface area (Å²) in [5.41, 5.74) is 0. The van der Waals surface area contributed by atoms with Crippen molar-refractivity contribution >= 4 is 5.91 Å². The summed E-state index contributed by atoms with van der Waals surface area (Å²) in [4.78, 5) is 11.2. The molecule has 0 aliphatic heterocycles. The lowest BCUT2D eigenvalue weighted by Gasteiger charge is -2.15. The quantitative estimate of drug-likeness (QED) is 0.600. The van der Waals surface area contributed by atoms with Gasteiger partial charge in [0.25, 0.3) is 0 Å². The normalized spacial score (nSPS) is 25.5. The highest BCUT2D eigenvalue weighted by Crippen LogP contribution is 2.18. The van der Waals surface area contributed by atoms with Crippen LogP contribution in [0.1, 0.15) is 39.0 Å². The van der Waals surface area contributed by atoms with E-state index in [4.69, 9.17) is 0 Å². The molecule has 0 heterocycles. The van der Waals surface area contributed by atoms with Crippen molar-refractivity contribution in [3.8, 4) is 0 Å². The molecule has 1 aliphatic carbocycles. The molecule has 0 aromatic heterocycles. The van der Waals surface area contributed by atoms with Crippen LogP contribution in [0.5, 0.6) is 0 Å². The summed E-state index contributed by atoms with van der Waals surface area (Å²) in [5.74, 6) is 0.0943. The fourth-order valence-corrected chi connectivity index (χ4v) is 1.90. The second kappa shape index (κ2) is 6.80. The van der Waals surface area contributed by atoms with Gasteiger partial charge in [-0.2, -0.15) is 0 Å². The second-order valence-corrected chi connectivity index (χ2v) is 4.16. The molecule has 0 aromatic rings. The first-order chi connectivity index (χ1) is 7.24. The van der Waals surface area contributed by atoms with Crippen molar-refractivity contribution in [2.45, 2.75) is 51.2 Å². The number of hydrogen-bond acceptors (Lipinski definition) is 3. The minimum Gasteiger partial charge on any atom is -0.392 e. The van der Waals surface area contributed by atoms with Gasteiger partial charge in [-0.25, -0.2) is 0 Å². The fraction of sp³-hybridized carbons (Fsp3) is 0.909. The summed E-state index contributed by atoms with van der Waals surface area (Å²) < 4.78 is 0. The van der Waals surface area contributed by atoms with Gasteiger partial charge in [0.15, 0.2) is 0 Å². The van der Waals surface area contributed by atoms with E-state index in [-0.39, 0.29) is 18.1 Å². The largest absolute Gasteiger partial charge is 0.392 e. The molecule has 4 heteroatoms. The van der Waals surface area contributed by atoms with E-state index in [1.165, 1.54) is 0 Å². The van der Waals surface area contributed by atoms with Gasteiger partial charge in [0.2, 0.25) is 5.91 Å². The molecule has 0 saturated heterocycles. The average Bonchev–Trinajstić information content (AvgIpc) is 2.61. The number of nitrogens with one attached hydrogen (secondary N) is 2. The van der Waals surface area contributed by atoms with Crippen LogP contribution < -0.4 is 10.6 Å². The number of rotatable bonds is 6. The SMILES string of the molecule is CCCNC(=O)CCN[C@@H]1CCC[C@H]1O. The number of aliphatic hydroxyl groups excluding tert-OH is 1. The van der Waals surface area contributed by atoms with Crippen LogP contribution in [0.2, 0.25) is 0 Å². The number of carbonyl (C=O) groups is 1. The van der Waals surface area contributed by atoms with E-state index in [1.54, 1.807) is 0 Å². The fourth-order valence-electron chi connectivity index (χ4n) is 1.90. The smallest absolute Gasteiger partial charge is 0.221 e. The third-order valence-electron chi connectivity index (χ3n) is 2.81. The summed E-state index contributed by atoms with van der Waals surface area (Å²) in [6.07, 6.45) is 4.26. The van der Waals surface area contributed by atoms with Gasteiger partial charge in [0.05, 0.1) is 6.10 Å². The zero-order valence-corrected chi connectivity index (χ0v) is 9.46. The van der Waals surface area contributed by atoms with E-state index < -0.39 is 0 Å². The molecule has 0 radical (unpaired) electrons. The Labute approximate surface area is 91.4 Å². The molecule has 1 rings (SSSR count). The van der Waals surface area contributed by atoms with E-state index >= 15 is 0 Å². The van der Waals surface area contributed by atoms with Crippen LogP contribution in [0.25, 0.3) is 0 Å². The van der Waals surface area contributed by atoms with Gasteiger partial charge in [-0.05, 0) is 25.7 Å². The lowest BCUT2D eigenvalue weighted by Crippen LogP contribution is -2.38. The predicted octanol–water partition coefficient (Wildman–Crippen LogP) is 0.406. The van der Waals surface area contributed by atoms with Crippen LogP contribution in [0, 0.1) is 0 Å². The van der Waals surface area contributed by atoms with Gasteiger partial charge in [-0.15, -0.1) is 0 Å². The Morgan fingerprint density at radius 1 is 1.40 bits per heavy atom. The molecule has 15 heavy (non-hydrogen) atoms. The molecule has 0 unspecified atom stereocenters. The van der Waals surface area contributed by atoms with Gasteiger partial charge >= 0.3 is 0 Å². The van der Waals surface area contributed by atoms with E-state index in [1.807, 2.05) is 6.92 Å². The lowest BCUT2D eigenvalue weighted by atomic mass is 10.2. The maximum Gasteiger partial charge on any atom is 0.221 e. The first-order valence-corrected chi connectivity index (χ1v) is 5.92. The maximum absolute atomic E-state index is 11.2. The molecule has 3 N–H and O–H groups in total. The van der Waals surface area contributed by atoms with Gasteiger partial charge < -0.3 is 15.7 Å². The Morgan fingerprint density at radius 3 is 2.80 bits per heavy atom. The highest BCUT2D eigenvalue weighted by Gasteiger charge is 2.24. The number of hydrogen-bond donors (Lipinski definition) is 3. The van der Waals surface area contributed by atoms with E-state index in [0.717, 1.165) is 32.2 Å². The zero-order chi connectivity index (χ0) is 11.1. The van der Waals surface area contributed by atoms with Gasteiger partial charge in [0.1, 0.15) is 0 Å². The summed E-state index contributed by atoms with van der Waals surface area (Å²) >= 11 is 0.